The van der Waals surface area contributed by atoms with Gasteiger partial charge < -0.3 is 15.8 Å². The standard InChI is InChI=1S/C12H19N3O3S/c13-11-7-10(1-2-12(11)19(14,16)17)15-5-3-9-4-6-18-8-9/h1-2,7,9,15H,3-6,8,13H2,(H2,14,16,17). The number of nitrogens with one attached hydrogen (secondary N) is 1. The molecule has 0 radical (unpaired) electrons. The van der Waals surface area contributed by atoms with Crippen molar-refractivity contribution in [1.29, 1.82) is 0 Å². The third kappa shape index (κ3) is 3.82. The van der Waals surface area contributed by atoms with Gasteiger partial charge in [-0.25, -0.2) is 13.6 Å². The highest BCUT2D eigenvalue weighted by molar-refractivity contribution is 7.89. The zero-order chi connectivity index (χ0) is 13.9. The molecule has 1 unspecified atom stereocenters. The van der Waals surface area contributed by atoms with E-state index in [4.69, 9.17) is 15.6 Å². The second kappa shape index (κ2) is 5.77. The Balaban J connectivity index is 1.92. The summed E-state index contributed by atoms with van der Waals surface area (Å²) < 4.78 is 27.7. The molecule has 1 aliphatic heterocycles. The van der Waals surface area contributed by atoms with Crippen molar-refractivity contribution >= 4 is 21.4 Å². The quantitative estimate of drug-likeness (QED) is 0.692. The fourth-order valence-corrected chi connectivity index (χ4v) is 2.79. The molecule has 0 bridgehead atoms. The van der Waals surface area contributed by atoms with Gasteiger partial charge in [0.05, 0.1) is 5.69 Å². The first kappa shape index (κ1) is 14.1. The van der Waals surface area contributed by atoms with Crippen LogP contribution >= 0.6 is 0 Å². The Morgan fingerprint density at radius 1 is 1.42 bits per heavy atom. The predicted octanol–water partition coefficient (Wildman–Crippen LogP) is 0.755. The first-order chi connectivity index (χ1) is 8.97. The van der Waals surface area contributed by atoms with E-state index in [0.29, 0.717) is 5.92 Å². The van der Waals surface area contributed by atoms with Crippen molar-refractivity contribution in [3.05, 3.63) is 18.2 Å². The molecule has 1 aromatic rings. The minimum absolute atomic E-state index is 0.0396. The van der Waals surface area contributed by atoms with E-state index in [9.17, 15) is 8.42 Å². The molecule has 2 rings (SSSR count). The van der Waals surface area contributed by atoms with E-state index in [-0.39, 0.29) is 10.6 Å². The molecule has 0 aliphatic carbocycles. The Hall–Kier alpha value is -1.31. The number of sulfonamides is 1. The van der Waals surface area contributed by atoms with E-state index < -0.39 is 10.0 Å². The van der Waals surface area contributed by atoms with Crippen molar-refractivity contribution in [2.75, 3.05) is 30.8 Å². The molecule has 0 saturated carbocycles. The summed E-state index contributed by atoms with van der Waals surface area (Å²) in [4.78, 5) is -0.0396. The smallest absolute Gasteiger partial charge is 0.240 e. The van der Waals surface area contributed by atoms with Gasteiger partial charge in [0.15, 0.2) is 0 Å². The number of anilines is 2. The molecule has 0 aromatic heterocycles. The molecular weight excluding hydrogens is 266 g/mol. The Bertz CT molecular complexity index is 539. The van der Waals surface area contributed by atoms with Crippen LogP contribution in [0.2, 0.25) is 0 Å². The molecule has 0 spiro atoms. The summed E-state index contributed by atoms with van der Waals surface area (Å²) in [5.74, 6) is 0.605. The molecule has 1 saturated heterocycles. The van der Waals surface area contributed by atoms with E-state index in [1.165, 1.54) is 6.07 Å². The summed E-state index contributed by atoms with van der Waals surface area (Å²) in [6.45, 7) is 2.48. The van der Waals surface area contributed by atoms with Gasteiger partial charge in [-0.2, -0.15) is 0 Å². The van der Waals surface area contributed by atoms with Crippen molar-refractivity contribution in [2.45, 2.75) is 17.7 Å². The van der Waals surface area contributed by atoms with E-state index in [2.05, 4.69) is 5.32 Å². The molecule has 7 heteroatoms. The van der Waals surface area contributed by atoms with Crippen molar-refractivity contribution in [3.63, 3.8) is 0 Å². The SMILES string of the molecule is Nc1cc(NCCC2CCOC2)ccc1S(N)(=O)=O. The largest absolute Gasteiger partial charge is 0.398 e. The van der Waals surface area contributed by atoms with Gasteiger partial charge in [0.2, 0.25) is 10.0 Å². The number of hydrogen-bond acceptors (Lipinski definition) is 5. The maximum atomic E-state index is 11.2. The first-order valence-corrected chi connectivity index (χ1v) is 7.75. The maximum Gasteiger partial charge on any atom is 0.240 e. The number of rotatable bonds is 5. The van der Waals surface area contributed by atoms with Gasteiger partial charge in [-0.1, -0.05) is 0 Å². The molecule has 1 fully saturated rings. The van der Waals surface area contributed by atoms with Crippen molar-refractivity contribution in [3.8, 4) is 0 Å². The van der Waals surface area contributed by atoms with Gasteiger partial charge in [0.25, 0.3) is 0 Å². The van der Waals surface area contributed by atoms with Crippen LogP contribution in [0.3, 0.4) is 0 Å². The maximum absolute atomic E-state index is 11.2. The Morgan fingerprint density at radius 2 is 2.21 bits per heavy atom. The van der Waals surface area contributed by atoms with Crippen LogP contribution in [0.15, 0.2) is 23.1 Å². The third-order valence-electron chi connectivity index (χ3n) is 3.22. The van der Waals surface area contributed by atoms with Crippen LogP contribution < -0.4 is 16.2 Å². The van der Waals surface area contributed by atoms with E-state index in [1.807, 2.05) is 0 Å². The lowest BCUT2D eigenvalue weighted by Crippen LogP contribution is -2.15. The molecule has 6 nitrogen and oxygen atoms in total. The summed E-state index contributed by atoms with van der Waals surface area (Å²) in [5.41, 5.74) is 6.64. The molecule has 1 aliphatic rings. The van der Waals surface area contributed by atoms with E-state index in [0.717, 1.165) is 38.3 Å². The van der Waals surface area contributed by atoms with Crippen LogP contribution in [-0.4, -0.2) is 28.2 Å². The van der Waals surface area contributed by atoms with Crippen molar-refractivity contribution in [1.82, 2.24) is 0 Å². The minimum atomic E-state index is -3.75. The van der Waals surface area contributed by atoms with Crippen LogP contribution in [0.5, 0.6) is 0 Å². The molecular formula is C12H19N3O3S. The van der Waals surface area contributed by atoms with Gasteiger partial charge in [-0.05, 0) is 37.0 Å². The molecule has 1 heterocycles. The van der Waals surface area contributed by atoms with Crippen molar-refractivity contribution < 1.29 is 13.2 Å². The molecule has 106 valence electrons. The van der Waals surface area contributed by atoms with Crippen LogP contribution in [0, 0.1) is 5.92 Å². The number of primary sulfonamides is 1. The van der Waals surface area contributed by atoms with Gasteiger partial charge in [0, 0.05) is 25.4 Å². The van der Waals surface area contributed by atoms with Gasteiger partial charge in [0.1, 0.15) is 4.90 Å². The topological polar surface area (TPSA) is 107 Å². The third-order valence-corrected chi connectivity index (χ3v) is 4.21. The van der Waals surface area contributed by atoms with Gasteiger partial charge in [-0.15, -0.1) is 0 Å². The second-order valence-electron chi connectivity index (χ2n) is 4.74. The summed E-state index contributed by atoms with van der Waals surface area (Å²) >= 11 is 0. The van der Waals surface area contributed by atoms with Crippen LogP contribution in [0.25, 0.3) is 0 Å². The zero-order valence-electron chi connectivity index (χ0n) is 10.6. The summed E-state index contributed by atoms with van der Waals surface area (Å²) in [6, 6.07) is 4.68. The number of hydrogen-bond donors (Lipinski definition) is 3. The van der Waals surface area contributed by atoms with Crippen LogP contribution in [0.1, 0.15) is 12.8 Å². The number of ether oxygens (including phenoxy) is 1. The Labute approximate surface area is 113 Å². The number of benzene rings is 1. The second-order valence-corrected chi connectivity index (χ2v) is 6.27. The molecule has 1 atom stereocenters. The average Bonchev–Trinajstić information content (AvgIpc) is 2.80. The fraction of sp³-hybridized carbons (Fsp3) is 0.500. The van der Waals surface area contributed by atoms with Crippen LogP contribution in [-0.2, 0) is 14.8 Å². The highest BCUT2D eigenvalue weighted by Gasteiger charge is 2.15. The Morgan fingerprint density at radius 3 is 2.79 bits per heavy atom. The number of nitrogen functional groups attached to an aromatic ring is 1. The predicted molar refractivity (Wildman–Crippen MR) is 74.3 cm³/mol. The summed E-state index contributed by atoms with van der Waals surface area (Å²) in [7, 11) is -3.75. The molecule has 5 N–H and O–H groups in total. The highest BCUT2D eigenvalue weighted by atomic mass is 32.2. The Kier molecular flexibility index (Phi) is 4.28. The normalized spacial score (nSPS) is 19.5. The molecule has 0 amide bonds. The lowest BCUT2D eigenvalue weighted by Gasteiger charge is -2.11. The first-order valence-electron chi connectivity index (χ1n) is 6.21. The lowest BCUT2D eigenvalue weighted by molar-refractivity contribution is 0.185. The van der Waals surface area contributed by atoms with E-state index >= 15 is 0 Å². The molecule has 1 aromatic carbocycles. The highest BCUT2D eigenvalue weighted by Crippen LogP contribution is 2.22. The van der Waals surface area contributed by atoms with E-state index in [1.54, 1.807) is 12.1 Å². The van der Waals surface area contributed by atoms with Gasteiger partial charge >= 0.3 is 0 Å². The summed E-state index contributed by atoms with van der Waals surface area (Å²) in [6.07, 6.45) is 2.13. The lowest BCUT2D eigenvalue weighted by atomic mass is 10.1. The van der Waals surface area contributed by atoms with Gasteiger partial charge in [-0.3, -0.25) is 0 Å². The fourth-order valence-electron chi connectivity index (χ4n) is 2.15. The monoisotopic (exact) mass is 285 g/mol. The van der Waals surface area contributed by atoms with Crippen molar-refractivity contribution in [2.24, 2.45) is 11.1 Å². The minimum Gasteiger partial charge on any atom is -0.398 e. The van der Waals surface area contributed by atoms with Crippen LogP contribution in [0.4, 0.5) is 11.4 Å². The average molecular weight is 285 g/mol. The zero-order valence-corrected chi connectivity index (χ0v) is 11.4. The number of nitrogens with two attached hydrogens (primary N) is 2. The molecule has 19 heavy (non-hydrogen) atoms. The summed E-state index contributed by atoms with van der Waals surface area (Å²) in [5, 5.41) is 8.27.